The number of hydrogen-bond acceptors (Lipinski definition) is 5. The molecule has 0 aromatic heterocycles. The molecule has 21 heavy (non-hydrogen) atoms. The van der Waals surface area contributed by atoms with Crippen LogP contribution in [0.4, 0.5) is 0 Å². The molecule has 0 N–H and O–H groups in total. The maximum atomic E-state index is 12.0. The predicted octanol–water partition coefficient (Wildman–Crippen LogP) is 1.93. The molecule has 0 spiro atoms. The molecule has 2 unspecified atom stereocenters. The van der Waals surface area contributed by atoms with E-state index in [-0.39, 0.29) is 18.0 Å². The number of esters is 2. The van der Waals surface area contributed by atoms with Crippen LogP contribution in [-0.2, 0) is 19.1 Å². The lowest BCUT2D eigenvalue weighted by molar-refractivity contribution is -0.152. The third-order valence-corrected chi connectivity index (χ3v) is 4.11. The van der Waals surface area contributed by atoms with Crippen LogP contribution in [0, 0.1) is 0 Å². The fraction of sp³-hybridized carbons (Fsp3) is 0.500. The smallest absolute Gasteiger partial charge is 0.323 e. The molecule has 1 aromatic carbocycles. The average Bonchev–Trinajstić information content (AvgIpc) is 2.98. The Hall–Kier alpha value is -1.88. The van der Waals surface area contributed by atoms with Crippen molar-refractivity contribution in [3.05, 3.63) is 35.9 Å². The molecule has 3 atom stereocenters. The van der Waals surface area contributed by atoms with Gasteiger partial charge in [-0.1, -0.05) is 30.3 Å². The molecule has 0 saturated carbocycles. The highest BCUT2D eigenvalue weighted by Crippen LogP contribution is 2.34. The molecule has 1 aliphatic rings. The molecular formula is C16H21NO4. The first-order valence-electron chi connectivity index (χ1n) is 7.08. The van der Waals surface area contributed by atoms with Crippen LogP contribution < -0.4 is 0 Å². The summed E-state index contributed by atoms with van der Waals surface area (Å²) < 4.78 is 9.76. The van der Waals surface area contributed by atoms with Crippen LogP contribution in [0.15, 0.2) is 30.3 Å². The van der Waals surface area contributed by atoms with Crippen LogP contribution in [0.3, 0.4) is 0 Å². The van der Waals surface area contributed by atoms with Crippen molar-refractivity contribution in [2.45, 2.75) is 37.9 Å². The van der Waals surface area contributed by atoms with Crippen molar-refractivity contribution in [1.29, 1.82) is 0 Å². The highest BCUT2D eigenvalue weighted by Gasteiger charge is 2.45. The Bertz CT molecular complexity index is 478. The Morgan fingerprint density at radius 1 is 1.05 bits per heavy atom. The third kappa shape index (κ3) is 3.08. The summed E-state index contributed by atoms with van der Waals surface area (Å²) in [5, 5.41) is 0. The van der Waals surface area contributed by atoms with E-state index in [1.165, 1.54) is 14.2 Å². The molecule has 0 aliphatic carbocycles. The van der Waals surface area contributed by atoms with Gasteiger partial charge in [0.25, 0.3) is 0 Å². The van der Waals surface area contributed by atoms with Crippen molar-refractivity contribution >= 4 is 11.9 Å². The first-order valence-corrected chi connectivity index (χ1v) is 7.08. The normalized spacial score (nSPS) is 23.6. The van der Waals surface area contributed by atoms with Crippen LogP contribution in [0.1, 0.15) is 31.4 Å². The molecule has 0 bridgehead atoms. The minimum Gasteiger partial charge on any atom is -0.468 e. The average molecular weight is 291 g/mol. The quantitative estimate of drug-likeness (QED) is 0.793. The van der Waals surface area contributed by atoms with E-state index in [1.807, 2.05) is 42.2 Å². The van der Waals surface area contributed by atoms with E-state index >= 15 is 0 Å². The van der Waals surface area contributed by atoms with Gasteiger partial charge in [-0.2, -0.15) is 0 Å². The number of rotatable bonds is 4. The van der Waals surface area contributed by atoms with Gasteiger partial charge in [-0.25, -0.2) is 0 Å². The van der Waals surface area contributed by atoms with Gasteiger partial charge in [0.1, 0.15) is 12.1 Å². The van der Waals surface area contributed by atoms with E-state index < -0.39 is 12.1 Å². The molecule has 1 saturated heterocycles. The van der Waals surface area contributed by atoms with Gasteiger partial charge in [0.2, 0.25) is 0 Å². The zero-order valence-electron chi connectivity index (χ0n) is 12.6. The maximum absolute atomic E-state index is 12.0. The molecule has 1 fully saturated rings. The number of carbonyl (C=O) groups excluding carboxylic acids is 2. The Morgan fingerprint density at radius 2 is 1.52 bits per heavy atom. The number of nitrogens with zero attached hydrogens (tertiary/aromatic N) is 1. The van der Waals surface area contributed by atoms with Crippen molar-refractivity contribution in [3.63, 3.8) is 0 Å². The number of hydrogen-bond donors (Lipinski definition) is 0. The minimum atomic E-state index is -0.408. The fourth-order valence-electron chi connectivity index (χ4n) is 3.03. The number of benzene rings is 1. The highest BCUT2D eigenvalue weighted by atomic mass is 16.5. The highest BCUT2D eigenvalue weighted by molar-refractivity contribution is 5.81. The first-order chi connectivity index (χ1) is 10.1. The fourth-order valence-corrected chi connectivity index (χ4v) is 3.03. The molecule has 1 aliphatic heterocycles. The van der Waals surface area contributed by atoms with E-state index in [1.54, 1.807) is 0 Å². The standard InChI is InChI=1S/C16H21NO4/c1-11(12-7-5-4-6-8-12)17-13(15(18)20-2)9-10-14(17)16(19)21-3/h4-8,11,13-14H,9-10H2,1-3H3/t11-,13?,14?/m0/s1. The summed E-state index contributed by atoms with van der Waals surface area (Å²) in [5.41, 5.74) is 1.06. The number of methoxy groups -OCH3 is 2. The second-order valence-corrected chi connectivity index (χ2v) is 5.19. The lowest BCUT2D eigenvalue weighted by Gasteiger charge is -2.33. The Morgan fingerprint density at radius 3 is 1.95 bits per heavy atom. The molecule has 5 heteroatoms. The first kappa shape index (κ1) is 15.5. The summed E-state index contributed by atoms with van der Waals surface area (Å²) in [6, 6.07) is 8.93. The van der Waals surface area contributed by atoms with Gasteiger partial charge in [0.05, 0.1) is 14.2 Å². The predicted molar refractivity (Wildman–Crippen MR) is 77.5 cm³/mol. The van der Waals surface area contributed by atoms with Crippen LogP contribution >= 0.6 is 0 Å². The van der Waals surface area contributed by atoms with Gasteiger partial charge in [-0.3, -0.25) is 14.5 Å². The Labute approximate surface area is 124 Å². The van der Waals surface area contributed by atoms with Crippen molar-refractivity contribution in [1.82, 2.24) is 4.90 Å². The monoisotopic (exact) mass is 291 g/mol. The van der Waals surface area contributed by atoms with Crippen molar-refractivity contribution in [2.24, 2.45) is 0 Å². The van der Waals surface area contributed by atoms with Crippen LogP contribution in [-0.4, -0.2) is 43.1 Å². The van der Waals surface area contributed by atoms with E-state index in [4.69, 9.17) is 9.47 Å². The molecule has 114 valence electrons. The van der Waals surface area contributed by atoms with Crippen molar-refractivity contribution in [2.75, 3.05) is 14.2 Å². The van der Waals surface area contributed by atoms with Gasteiger partial charge in [-0.05, 0) is 25.3 Å². The van der Waals surface area contributed by atoms with E-state index in [0.29, 0.717) is 12.8 Å². The summed E-state index contributed by atoms with van der Waals surface area (Å²) in [6.07, 6.45) is 1.20. The summed E-state index contributed by atoms with van der Waals surface area (Å²) in [7, 11) is 2.75. The number of carbonyl (C=O) groups is 2. The Kier molecular flexibility index (Phi) is 4.96. The largest absolute Gasteiger partial charge is 0.468 e. The molecule has 1 aromatic rings. The topological polar surface area (TPSA) is 55.8 Å². The third-order valence-electron chi connectivity index (χ3n) is 4.11. The van der Waals surface area contributed by atoms with Gasteiger partial charge in [-0.15, -0.1) is 0 Å². The summed E-state index contributed by atoms with van der Waals surface area (Å²) >= 11 is 0. The SMILES string of the molecule is COC(=O)C1CCC(C(=O)OC)N1[C@@H](C)c1ccccc1. The maximum Gasteiger partial charge on any atom is 0.323 e. The summed E-state index contributed by atoms with van der Waals surface area (Å²) in [6.45, 7) is 1.99. The number of ether oxygens (including phenoxy) is 2. The molecule has 1 heterocycles. The zero-order chi connectivity index (χ0) is 15.4. The molecule has 2 rings (SSSR count). The van der Waals surface area contributed by atoms with E-state index in [0.717, 1.165) is 5.56 Å². The lowest BCUT2D eigenvalue weighted by Crippen LogP contribution is -2.46. The second kappa shape index (κ2) is 6.72. The molecule has 5 nitrogen and oxygen atoms in total. The van der Waals surface area contributed by atoms with E-state index in [2.05, 4.69) is 0 Å². The van der Waals surface area contributed by atoms with Crippen molar-refractivity contribution in [3.8, 4) is 0 Å². The lowest BCUT2D eigenvalue weighted by atomic mass is 10.0. The van der Waals surface area contributed by atoms with Gasteiger partial charge in [0.15, 0.2) is 0 Å². The minimum absolute atomic E-state index is 0.0677. The summed E-state index contributed by atoms with van der Waals surface area (Å²) in [4.78, 5) is 25.9. The van der Waals surface area contributed by atoms with E-state index in [9.17, 15) is 9.59 Å². The van der Waals surface area contributed by atoms with Crippen LogP contribution in [0.2, 0.25) is 0 Å². The Balaban J connectivity index is 2.31. The van der Waals surface area contributed by atoms with Gasteiger partial charge >= 0.3 is 11.9 Å². The molecule has 0 radical (unpaired) electrons. The van der Waals surface area contributed by atoms with Gasteiger partial charge < -0.3 is 9.47 Å². The van der Waals surface area contributed by atoms with Gasteiger partial charge in [0, 0.05) is 6.04 Å². The van der Waals surface area contributed by atoms with Crippen LogP contribution in [0.5, 0.6) is 0 Å². The zero-order valence-corrected chi connectivity index (χ0v) is 12.6. The van der Waals surface area contributed by atoms with Crippen molar-refractivity contribution < 1.29 is 19.1 Å². The second-order valence-electron chi connectivity index (χ2n) is 5.19. The summed E-state index contributed by atoms with van der Waals surface area (Å²) in [5.74, 6) is -0.603. The molecular weight excluding hydrogens is 270 g/mol. The molecule has 0 amide bonds. The van der Waals surface area contributed by atoms with Crippen LogP contribution in [0.25, 0.3) is 0 Å². The number of likely N-dealkylation sites (tertiary alicyclic amines) is 1.